The number of anilines is 1. The zero-order valence-electron chi connectivity index (χ0n) is 14.0. The highest BCUT2D eigenvalue weighted by atomic mass is 16.7. The Morgan fingerprint density at radius 1 is 1.04 bits per heavy atom. The Hall–Kier alpha value is -3.02. The van der Waals surface area contributed by atoms with Crippen LogP contribution in [-0.4, -0.2) is 25.2 Å². The monoisotopic (exact) mass is 340 g/mol. The minimum Gasteiger partial charge on any atom is -0.454 e. The van der Waals surface area contributed by atoms with Gasteiger partial charge in [0, 0.05) is 11.3 Å². The first-order chi connectivity index (χ1) is 12.2. The second-order valence-corrected chi connectivity index (χ2v) is 5.75. The number of carbonyl (C=O) groups excluding carboxylic acids is 2. The number of carbonyl (C=O) groups is 2. The third-order valence-corrected chi connectivity index (χ3v) is 3.82. The number of hydrogen-bond acceptors (Lipinski definition) is 4. The van der Waals surface area contributed by atoms with Crippen molar-refractivity contribution in [2.75, 3.05) is 18.7 Å². The van der Waals surface area contributed by atoms with Crippen LogP contribution in [0.25, 0.3) is 0 Å². The molecule has 0 saturated heterocycles. The second-order valence-electron chi connectivity index (χ2n) is 5.75. The molecule has 0 saturated carbocycles. The van der Waals surface area contributed by atoms with E-state index in [4.69, 9.17) is 9.47 Å². The van der Waals surface area contributed by atoms with Gasteiger partial charge in [0.1, 0.15) is 0 Å². The minimum absolute atomic E-state index is 0.107. The predicted molar refractivity (Wildman–Crippen MR) is 94.0 cm³/mol. The maximum absolute atomic E-state index is 12.1. The van der Waals surface area contributed by atoms with E-state index in [1.165, 1.54) is 5.56 Å². The predicted octanol–water partition coefficient (Wildman–Crippen LogP) is 2.74. The van der Waals surface area contributed by atoms with E-state index in [2.05, 4.69) is 17.6 Å². The van der Waals surface area contributed by atoms with Gasteiger partial charge in [-0.05, 0) is 42.3 Å². The summed E-state index contributed by atoms with van der Waals surface area (Å²) in [7, 11) is 0. The summed E-state index contributed by atoms with van der Waals surface area (Å²) in [6, 6.07) is 12.6. The largest absolute Gasteiger partial charge is 0.454 e. The van der Waals surface area contributed by atoms with E-state index in [9.17, 15) is 9.59 Å². The Kier molecular flexibility index (Phi) is 5.18. The molecule has 2 aromatic carbocycles. The van der Waals surface area contributed by atoms with Crippen LogP contribution in [-0.2, 0) is 11.2 Å². The van der Waals surface area contributed by atoms with Crippen LogP contribution in [0, 0.1) is 0 Å². The molecule has 0 fully saturated rings. The molecule has 1 aliphatic rings. The standard InChI is InChI=1S/C19H20N2O4/c1-2-3-13-4-7-15(8-5-13)21-18(22)11-20-19(23)14-6-9-16-17(10-14)25-12-24-16/h4-10H,2-3,11-12H2,1H3,(H,20,23)(H,21,22). The third-order valence-electron chi connectivity index (χ3n) is 3.82. The molecule has 130 valence electrons. The van der Waals surface area contributed by atoms with Gasteiger partial charge in [0.25, 0.3) is 5.91 Å². The van der Waals surface area contributed by atoms with Gasteiger partial charge in [0.2, 0.25) is 12.7 Å². The van der Waals surface area contributed by atoms with Crippen molar-refractivity contribution in [3.8, 4) is 11.5 Å². The number of benzene rings is 2. The average molecular weight is 340 g/mol. The zero-order valence-corrected chi connectivity index (χ0v) is 14.0. The highest BCUT2D eigenvalue weighted by Gasteiger charge is 2.16. The van der Waals surface area contributed by atoms with Gasteiger partial charge in [0.15, 0.2) is 11.5 Å². The van der Waals surface area contributed by atoms with Crippen LogP contribution in [0.4, 0.5) is 5.69 Å². The summed E-state index contributed by atoms with van der Waals surface area (Å²) in [6.07, 6.45) is 2.09. The van der Waals surface area contributed by atoms with Crippen molar-refractivity contribution in [3.05, 3.63) is 53.6 Å². The maximum atomic E-state index is 12.1. The Balaban J connectivity index is 1.50. The lowest BCUT2D eigenvalue weighted by Gasteiger charge is -2.08. The summed E-state index contributed by atoms with van der Waals surface area (Å²) >= 11 is 0. The highest BCUT2D eigenvalue weighted by Crippen LogP contribution is 2.32. The molecule has 6 heteroatoms. The highest BCUT2D eigenvalue weighted by molar-refractivity contribution is 5.99. The molecule has 25 heavy (non-hydrogen) atoms. The Labute approximate surface area is 146 Å². The molecule has 0 atom stereocenters. The Bertz CT molecular complexity index is 771. The molecule has 0 aromatic heterocycles. The average Bonchev–Trinajstić information content (AvgIpc) is 3.09. The van der Waals surface area contributed by atoms with Crippen LogP contribution in [0.3, 0.4) is 0 Å². The lowest BCUT2D eigenvalue weighted by atomic mass is 10.1. The van der Waals surface area contributed by atoms with E-state index in [0.29, 0.717) is 22.7 Å². The molecule has 0 bridgehead atoms. The first-order valence-electron chi connectivity index (χ1n) is 8.22. The van der Waals surface area contributed by atoms with E-state index in [1.54, 1.807) is 18.2 Å². The number of fused-ring (bicyclic) bond motifs is 1. The summed E-state index contributed by atoms with van der Waals surface area (Å²) in [5, 5.41) is 5.36. The van der Waals surface area contributed by atoms with Crippen molar-refractivity contribution in [3.63, 3.8) is 0 Å². The Morgan fingerprint density at radius 3 is 2.56 bits per heavy atom. The lowest BCUT2D eigenvalue weighted by Crippen LogP contribution is -2.32. The van der Waals surface area contributed by atoms with Gasteiger partial charge in [-0.25, -0.2) is 0 Å². The van der Waals surface area contributed by atoms with E-state index in [-0.39, 0.29) is 25.2 Å². The molecule has 1 heterocycles. The van der Waals surface area contributed by atoms with Gasteiger partial charge >= 0.3 is 0 Å². The fourth-order valence-electron chi connectivity index (χ4n) is 2.55. The fraction of sp³-hybridized carbons (Fsp3) is 0.263. The maximum Gasteiger partial charge on any atom is 0.251 e. The molecule has 0 aliphatic carbocycles. The summed E-state index contributed by atoms with van der Waals surface area (Å²) < 4.78 is 10.4. The van der Waals surface area contributed by atoms with Gasteiger partial charge in [-0.15, -0.1) is 0 Å². The van der Waals surface area contributed by atoms with Crippen molar-refractivity contribution >= 4 is 17.5 Å². The summed E-state index contributed by atoms with van der Waals surface area (Å²) in [5.74, 6) is 0.522. The molecule has 2 aromatic rings. The van der Waals surface area contributed by atoms with Crippen molar-refractivity contribution in [2.24, 2.45) is 0 Å². The second kappa shape index (κ2) is 7.70. The van der Waals surface area contributed by atoms with Crippen LogP contribution in [0.1, 0.15) is 29.3 Å². The summed E-state index contributed by atoms with van der Waals surface area (Å²) in [6.45, 7) is 2.17. The van der Waals surface area contributed by atoms with Crippen molar-refractivity contribution < 1.29 is 19.1 Å². The van der Waals surface area contributed by atoms with Crippen LogP contribution >= 0.6 is 0 Å². The topological polar surface area (TPSA) is 76.7 Å². The Morgan fingerprint density at radius 2 is 1.80 bits per heavy atom. The molecule has 0 unspecified atom stereocenters. The first-order valence-corrected chi connectivity index (χ1v) is 8.22. The van der Waals surface area contributed by atoms with Crippen LogP contribution in [0.2, 0.25) is 0 Å². The van der Waals surface area contributed by atoms with Crippen LogP contribution in [0.5, 0.6) is 11.5 Å². The molecule has 2 N–H and O–H groups in total. The lowest BCUT2D eigenvalue weighted by molar-refractivity contribution is -0.115. The molecule has 0 spiro atoms. The molecule has 2 amide bonds. The van der Waals surface area contributed by atoms with Gasteiger partial charge in [-0.2, -0.15) is 0 Å². The van der Waals surface area contributed by atoms with Gasteiger partial charge in [-0.3, -0.25) is 9.59 Å². The first kappa shape index (κ1) is 16.8. The smallest absolute Gasteiger partial charge is 0.251 e. The van der Waals surface area contributed by atoms with Gasteiger partial charge in [0.05, 0.1) is 6.54 Å². The van der Waals surface area contributed by atoms with E-state index in [0.717, 1.165) is 12.8 Å². The fourth-order valence-corrected chi connectivity index (χ4v) is 2.55. The molecule has 0 radical (unpaired) electrons. The van der Waals surface area contributed by atoms with Crippen molar-refractivity contribution in [2.45, 2.75) is 19.8 Å². The summed E-state index contributed by atoms with van der Waals surface area (Å²) in [5.41, 5.74) is 2.36. The number of rotatable bonds is 6. The van der Waals surface area contributed by atoms with Crippen molar-refractivity contribution in [1.82, 2.24) is 5.32 Å². The van der Waals surface area contributed by atoms with Gasteiger partial charge in [-0.1, -0.05) is 25.5 Å². The van der Waals surface area contributed by atoms with Crippen LogP contribution < -0.4 is 20.1 Å². The molecule has 6 nitrogen and oxygen atoms in total. The molecular weight excluding hydrogens is 320 g/mol. The zero-order chi connectivity index (χ0) is 17.6. The number of amides is 2. The third kappa shape index (κ3) is 4.29. The number of hydrogen-bond donors (Lipinski definition) is 2. The molecule has 3 rings (SSSR count). The SMILES string of the molecule is CCCc1ccc(NC(=O)CNC(=O)c2ccc3c(c2)OCO3)cc1. The molecular formula is C19H20N2O4. The van der Waals surface area contributed by atoms with E-state index < -0.39 is 0 Å². The number of aryl methyl sites for hydroxylation is 1. The van der Waals surface area contributed by atoms with Crippen LogP contribution in [0.15, 0.2) is 42.5 Å². The minimum atomic E-state index is -0.341. The normalized spacial score (nSPS) is 11.9. The summed E-state index contributed by atoms with van der Waals surface area (Å²) in [4.78, 5) is 24.1. The number of ether oxygens (including phenoxy) is 2. The quantitative estimate of drug-likeness (QED) is 0.848. The van der Waals surface area contributed by atoms with Gasteiger partial charge < -0.3 is 20.1 Å². The van der Waals surface area contributed by atoms with E-state index in [1.807, 2.05) is 24.3 Å². The van der Waals surface area contributed by atoms with Crippen molar-refractivity contribution in [1.29, 1.82) is 0 Å². The molecule has 1 aliphatic heterocycles. The number of nitrogens with one attached hydrogen (secondary N) is 2. The van der Waals surface area contributed by atoms with E-state index >= 15 is 0 Å².